The Balaban J connectivity index is 0.00000288. The van der Waals surface area contributed by atoms with Gasteiger partial charge in [-0.1, -0.05) is 12.1 Å². The van der Waals surface area contributed by atoms with Crippen LogP contribution in [0.5, 0.6) is 6.01 Å². The zero-order chi connectivity index (χ0) is 17.0. The monoisotopic (exact) mass is 457 g/mol. The fraction of sp³-hybridized carbons (Fsp3) is 0.167. The fourth-order valence-electron chi connectivity index (χ4n) is 1.57. The van der Waals surface area contributed by atoms with Gasteiger partial charge < -0.3 is 6.16 Å². The number of carbonyl (C=O) groups excluding carboxylic acids is 1. The smallest absolute Gasteiger partial charge is 1.00 e. The number of hydrogen-bond donors (Lipinski definition) is 2. The quantitative estimate of drug-likeness (QED) is 0.420. The van der Waals surface area contributed by atoms with Crippen LogP contribution in [0.15, 0.2) is 29.2 Å². The molecule has 0 saturated heterocycles. The fourth-order valence-corrected chi connectivity index (χ4v) is 3.82. The van der Waals surface area contributed by atoms with Crippen molar-refractivity contribution in [2.75, 3.05) is 12.4 Å². The van der Waals surface area contributed by atoms with E-state index in [1.54, 1.807) is 25.1 Å². The van der Waals surface area contributed by atoms with E-state index in [1.165, 1.54) is 13.2 Å². The van der Waals surface area contributed by atoms with Crippen molar-refractivity contribution in [3.63, 3.8) is 0 Å². The third-order valence-electron chi connectivity index (χ3n) is 2.49. The van der Waals surface area contributed by atoms with Crippen molar-refractivity contribution < 1.29 is 38.2 Å². The summed E-state index contributed by atoms with van der Waals surface area (Å²) in [6, 6.07) is 5.29. The minimum absolute atomic E-state index is 0. The van der Waals surface area contributed by atoms with Gasteiger partial charge in [0.15, 0.2) is 0 Å². The summed E-state index contributed by atoms with van der Waals surface area (Å²) in [6.45, 7) is 1.58. The van der Waals surface area contributed by atoms with Crippen molar-refractivity contribution in [2.24, 2.45) is 0 Å². The van der Waals surface area contributed by atoms with Crippen LogP contribution in [0, 0.1) is 10.5 Å². The second kappa shape index (κ2) is 8.61. The van der Waals surface area contributed by atoms with Crippen LogP contribution in [-0.2, 0) is 10.0 Å². The molecule has 2 aromatic rings. The molecule has 124 valence electrons. The number of aromatic nitrogens is 3. The number of anilines is 1. The molecule has 0 radical (unpaired) electrons. The molecule has 0 fully saturated rings. The standard InChI is InChI=1S/C12H12IN5O4S.Li.H/c1-7-14-10(17-12(15-7)22-2)16-11(19)18-23(20,21)9-6-4-3-5-8(9)13;;/h3-6H,1-2H3,(H2,14,15,16,17,18,19);;/q;+1;-1. The van der Waals surface area contributed by atoms with Gasteiger partial charge in [-0.25, -0.2) is 17.9 Å². The van der Waals surface area contributed by atoms with Gasteiger partial charge in [0.25, 0.3) is 10.0 Å². The van der Waals surface area contributed by atoms with Crippen LogP contribution in [0.3, 0.4) is 0 Å². The first-order valence-corrected chi connectivity index (χ1v) is 8.73. The molecule has 0 atom stereocenters. The van der Waals surface area contributed by atoms with Gasteiger partial charge >= 0.3 is 30.9 Å². The van der Waals surface area contributed by atoms with E-state index in [0.29, 0.717) is 9.39 Å². The van der Waals surface area contributed by atoms with Crippen LogP contribution in [0.1, 0.15) is 7.25 Å². The molecule has 1 heterocycles. The number of nitrogens with one attached hydrogen (secondary N) is 2. The second-order valence-electron chi connectivity index (χ2n) is 4.18. The maximum atomic E-state index is 12.2. The Morgan fingerprint density at radius 1 is 1.25 bits per heavy atom. The summed E-state index contributed by atoms with van der Waals surface area (Å²) in [5.74, 6) is 0.192. The number of amides is 2. The number of carbonyl (C=O) groups is 1. The maximum absolute atomic E-state index is 12.2. The van der Waals surface area contributed by atoms with Gasteiger partial charge in [-0.15, -0.1) is 0 Å². The van der Waals surface area contributed by atoms with Gasteiger partial charge in [-0.05, 0) is 41.6 Å². The largest absolute Gasteiger partial charge is 1.00 e. The molecule has 0 saturated carbocycles. The minimum Gasteiger partial charge on any atom is -1.00 e. The van der Waals surface area contributed by atoms with Crippen molar-refractivity contribution in [3.8, 4) is 6.01 Å². The van der Waals surface area contributed by atoms with E-state index in [0.717, 1.165) is 0 Å². The normalized spacial score (nSPS) is 10.5. The number of halogens is 1. The first-order valence-electron chi connectivity index (χ1n) is 6.17. The number of urea groups is 1. The third-order valence-corrected chi connectivity index (χ3v) is 5.18. The molecule has 0 aliphatic rings. The van der Waals surface area contributed by atoms with Gasteiger partial charge in [-0.3, -0.25) is 5.32 Å². The Hall–Kier alpha value is -1.42. The summed E-state index contributed by atoms with van der Waals surface area (Å²) in [6.07, 6.45) is 0. The number of rotatable bonds is 4. The Labute approximate surface area is 165 Å². The van der Waals surface area contributed by atoms with Gasteiger partial charge in [0.1, 0.15) is 10.7 Å². The zero-order valence-electron chi connectivity index (χ0n) is 14.1. The zero-order valence-corrected chi connectivity index (χ0v) is 16.0. The van der Waals surface area contributed by atoms with Gasteiger partial charge in [0.2, 0.25) is 5.95 Å². The van der Waals surface area contributed by atoms with E-state index in [9.17, 15) is 13.2 Å². The molecule has 0 aliphatic carbocycles. The Kier molecular flexibility index (Phi) is 7.40. The Morgan fingerprint density at radius 2 is 1.92 bits per heavy atom. The van der Waals surface area contributed by atoms with Gasteiger partial charge in [0, 0.05) is 3.57 Å². The predicted octanol–water partition coefficient (Wildman–Crippen LogP) is -1.58. The first kappa shape index (κ1) is 20.6. The van der Waals surface area contributed by atoms with E-state index in [1.807, 2.05) is 27.3 Å². The average Bonchev–Trinajstić information content (AvgIpc) is 2.46. The summed E-state index contributed by atoms with van der Waals surface area (Å²) in [4.78, 5) is 23.4. The molecule has 0 spiro atoms. The topological polar surface area (TPSA) is 123 Å². The molecule has 2 N–H and O–H groups in total. The number of hydrogen-bond acceptors (Lipinski definition) is 7. The predicted molar refractivity (Wildman–Crippen MR) is 90.7 cm³/mol. The molecular weight excluding hydrogens is 444 g/mol. The van der Waals surface area contributed by atoms with E-state index in [2.05, 4.69) is 20.3 Å². The van der Waals surface area contributed by atoms with Crippen molar-refractivity contribution in [2.45, 2.75) is 11.8 Å². The SMILES string of the molecule is COc1nc(C)nc(NC(=O)NS(=O)(=O)c2ccccc2I)n1.[H-].[Li+]. The van der Waals surface area contributed by atoms with Crippen molar-refractivity contribution in [1.29, 1.82) is 0 Å². The molecule has 2 amide bonds. The molecule has 1 aromatic carbocycles. The summed E-state index contributed by atoms with van der Waals surface area (Å²) in [7, 11) is -2.65. The van der Waals surface area contributed by atoms with Crippen molar-refractivity contribution in [1.82, 2.24) is 19.7 Å². The number of nitrogens with zero attached hydrogens (tertiary/aromatic N) is 3. The van der Waals surface area contributed by atoms with Crippen LogP contribution in [-0.4, -0.2) is 36.5 Å². The minimum atomic E-state index is -4.01. The molecule has 9 nitrogen and oxygen atoms in total. The molecule has 2 rings (SSSR count). The van der Waals surface area contributed by atoms with Gasteiger partial charge in [0.05, 0.1) is 7.11 Å². The van der Waals surface area contributed by atoms with Crippen LogP contribution in [0.2, 0.25) is 0 Å². The van der Waals surface area contributed by atoms with E-state index in [-0.39, 0.29) is 37.1 Å². The maximum Gasteiger partial charge on any atom is 1.00 e. The Bertz CT molecular complexity index is 855. The second-order valence-corrected chi connectivity index (χ2v) is 7.00. The van der Waals surface area contributed by atoms with Crippen LogP contribution < -0.4 is 33.6 Å². The van der Waals surface area contributed by atoms with Crippen LogP contribution >= 0.6 is 22.6 Å². The number of benzene rings is 1. The van der Waals surface area contributed by atoms with E-state index < -0.39 is 16.1 Å². The molecule has 0 unspecified atom stereocenters. The molecule has 12 heteroatoms. The number of ether oxygens (including phenoxy) is 1. The number of sulfonamides is 1. The first-order chi connectivity index (χ1) is 10.8. The van der Waals surface area contributed by atoms with Crippen LogP contribution in [0.25, 0.3) is 0 Å². The Morgan fingerprint density at radius 3 is 2.54 bits per heavy atom. The van der Waals surface area contributed by atoms with E-state index in [4.69, 9.17) is 4.74 Å². The number of aryl methyl sites for hydroxylation is 1. The molecule has 0 bridgehead atoms. The third kappa shape index (κ3) is 5.30. The summed E-state index contributed by atoms with van der Waals surface area (Å²) in [5.41, 5.74) is 0. The summed E-state index contributed by atoms with van der Waals surface area (Å²) in [5, 5.41) is 2.23. The molecule has 0 aliphatic heterocycles. The summed E-state index contributed by atoms with van der Waals surface area (Å²) >= 11 is 1.87. The molecule has 24 heavy (non-hydrogen) atoms. The number of methoxy groups -OCH3 is 1. The van der Waals surface area contributed by atoms with Gasteiger partial charge in [-0.2, -0.15) is 15.0 Å². The van der Waals surface area contributed by atoms with Crippen molar-refractivity contribution >= 4 is 44.6 Å². The van der Waals surface area contributed by atoms with Crippen LogP contribution in [0.4, 0.5) is 10.7 Å². The molecular formula is C12H13ILiN5O4S. The molecule has 1 aromatic heterocycles. The van der Waals surface area contributed by atoms with E-state index >= 15 is 0 Å². The van der Waals surface area contributed by atoms with Crippen molar-refractivity contribution in [3.05, 3.63) is 33.7 Å². The summed E-state index contributed by atoms with van der Waals surface area (Å²) < 4.78 is 31.6. The average molecular weight is 457 g/mol.